The van der Waals surface area contributed by atoms with E-state index in [1.54, 1.807) is 12.1 Å². The molecule has 0 aliphatic heterocycles. The summed E-state index contributed by atoms with van der Waals surface area (Å²) in [5.74, 6) is 1.27. The van der Waals surface area contributed by atoms with Crippen LogP contribution >= 0.6 is 27.5 Å². The van der Waals surface area contributed by atoms with E-state index in [4.69, 9.17) is 16.3 Å². The molecule has 0 saturated heterocycles. The molecule has 0 amide bonds. The zero-order valence-electron chi connectivity index (χ0n) is 18.0. The van der Waals surface area contributed by atoms with Gasteiger partial charge in [-0.1, -0.05) is 82.1 Å². The Labute approximate surface area is 211 Å². The van der Waals surface area contributed by atoms with Crippen LogP contribution in [0, 0.1) is 11.3 Å². The number of benzene rings is 4. The van der Waals surface area contributed by atoms with Crippen molar-refractivity contribution in [2.24, 2.45) is 0 Å². The Morgan fingerprint density at radius 2 is 1.71 bits per heavy atom. The topological polar surface area (TPSA) is 45.9 Å². The van der Waals surface area contributed by atoms with E-state index in [-0.39, 0.29) is 0 Å². The highest BCUT2D eigenvalue weighted by Crippen LogP contribution is 2.37. The summed E-state index contributed by atoms with van der Waals surface area (Å²) in [5, 5.41) is 10.9. The van der Waals surface area contributed by atoms with Crippen LogP contribution < -0.4 is 4.74 Å². The Morgan fingerprint density at radius 3 is 2.53 bits per heavy atom. The van der Waals surface area contributed by atoms with Gasteiger partial charge in [0.05, 0.1) is 22.2 Å². The first-order valence-electron chi connectivity index (χ1n) is 10.7. The number of fused-ring (bicyclic) bond motifs is 1. The van der Waals surface area contributed by atoms with Crippen LogP contribution in [0.5, 0.6) is 11.5 Å². The van der Waals surface area contributed by atoms with E-state index >= 15 is 0 Å². The van der Waals surface area contributed by atoms with Crippen LogP contribution in [0.2, 0.25) is 5.02 Å². The SMILES string of the molecule is N#Cc1cc(Br)cc(Oc2cccc(-c3c(Cc4ccccc4)cnc4c(Cl)cccc34)c2)c1. The van der Waals surface area contributed by atoms with Gasteiger partial charge in [0.2, 0.25) is 0 Å². The van der Waals surface area contributed by atoms with Gasteiger partial charge in [0.15, 0.2) is 0 Å². The van der Waals surface area contributed by atoms with Gasteiger partial charge in [-0.3, -0.25) is 4.98 Å². The molecule has 1 heterocycles. The van der Waals surface area contributed by atoms with Gasteiger partial charge in [0.1, 0.15) is 11.5 Å². The second-order valence-electron chi connectivity index (χ2n) is 7.87. The lowest BCUT2D eigenvalue weighted by Gasteiger charge is -2.15. The van der Waals surface area contributed by atoms with Crippen LogP contribution in [0.15, 0.2) is 102 Å². The molecule has 0 fully saturated rings. The fourth-order valence-electron chi connectivity index (χ4n) is 4.06. The molecule has 0 N–H and O–H groups in total. The lowest BCUT2D eigenvalue weighted by atomic mass is 9.93. The van der Waals surface area contributed by atoms with Crippen LogP contribution in [0.4, 0.5) is 0 Å². The van der Waals surface area contributed by atoms with Crippen molar-refractivity contribution >= 4 is 38.4 Å². The zero-order valence-corrected chi connectivity index (χ0v) is 20.3. The number of aromatic nitrogens is 1. The van der Waals surface area contributed by atoms with Gasteiger partial charge in [-0.2, -0.15) is 5.26 Å². The largest absolute Gasteiger partial charge is 0.457 e. The Bertz CT molecular complexity index is 1540. The molecule has 34 heavy (non-hydrogen) atoms. The van der Waals surface area contributed by atoms with E-state index in [0.29, 0.717) is 22.1 Å². The van der Waals surface area contributed by atoms with Crippen molar-refractivity contribution in [2.75, 3.05) is 0 Å². The number of para-hydroxylation sites is 1. The highest BCUT2D eigenvalue weighted by molar-refractivity contribution is 9.10. The highest BCUT2D eigenvalue weighted by Gasteiger charge is 2.14. The summed E-state index contributed by atoms with van der Waals surface area (Å²) >= 11 is 9.94. The summed E-state index contributed by atoms with van der Waals surface area (Å²) < 4.78 is 6.92. The molecular formula is C29H18BrClN2O. The first-order valence-corrected chi connectivity index (χ1v) is 11.9. The fourth-order valence-corrected chi connectivity index (χ4v) is 4.75. The maximum atomic E-state index is 9.28. The average Bonchev–Trinajstić information content (AvgIpc) is 2.84. The third kappa shape index (κ3) is 4.68. The Kier molecular flexibility index (Phi) is 6.31. The first kappa shape index (κ1) is 22.2. The third-order valence-corrected chi connectivity index (χ3v) is 6.29. The quantitative estimate of drug-likeness (QED) is 0.231. The number of halogens is 2. The minimum Gasteiger partial charge on any atom is -0.457 e. The molecule has 0 atom stereocenters. The molecule has 164 valence electrons. The van der Waals surface area contributed by atoms with E-state index in [2.05, 4.69) is 51.2 Å². The summed E-state index contributed by atoms with van der Waals surface area (Å²) in [6, 6.07) is 31.6. The smallest absolute Gasteiger partial charge is 0.129 e. The van der Waals surface area contributed by atoms with Crippen LogP contribution in [0.3, 0.4) is 0 Å². The molecule has 0 bridgehead atoms. The normalized spacial score (nSPS) is 10.7. The monoisotopic (exact) mass is 524 g/mol. The van der Waals surface area contributed by atoms with Gasteiger partial charge in [0.25, 0.3) is 0 Å². The second kappa shape index (κ2) is 9.69. The minimum atomic E-state index is 0.528. The Morgan fingerprint density at radius 1 is 0.882 bits per heavy atom. The molecule has 0 spiro atoms. The van der Waals surface area contributed by atoms with Crippen molar-refractivity contribution < 1.29 is 4.74 Å². The molecule has 0 aliphatic carbocycles. The zero-order chi connectivity index (χ0) is 23.5. The van der Waals surface area contributed by atoms with Crippen molar-refractivity contribution in [2.45, 2.75) is 6.42 Å². The molecule has 0 radical (unpaired) electrons. The van der Waals surface area contributed by atoms with Gasteiger partial charge in [0, 0.05) is 16.1 Å². The van der Waals surface area contributed by atoms with Crippen LogP contribution in [0.1, 0.15) is 16.7 Å². The van der Waals surface area contributed by atoms with Gasteiger partial charge in [-0.05, 0) is 65.1 Å². The van der Waals surface area contributed by atoms with Crippen molar-refractivity contribution in [3.8, 4) is 28.7 Å². The number of ether oxygens (including phenoxy) is 1. The van der Waals surface area contributed by atoms with Gasteiger partial charge >= 0.3 is 0 Å². The molecule has 5 rings (SSSR count). The van der Waals surface area contributed by atoms with Crippen LogP contribution in [0.25, 0.3) is 22.0 Å². The van der Waals surface area contributed by atoms with Crippen LogP contribution in [-0.2, 0) is 6.42 Å². The molecular weight excluding hydrogens is 508 g/mol. The number of nitriles is 1. The molecule has 5 aromatic rings. The summed E-state index contributed by atoms with van der Waals surface area (Å²) in [4.78, 5) is 4.68. The predicted molar refractivity (Wildman–Crippen MR) is 140 cm³/mol. The molecule has 5 heteroatoms. The van der Waals surface area contributed by atoms with E-state index in [0.717, 1.165) is 38.5 Å². The molecule has 4 aromatic carbocycles. The van der Waals surface area contributed by atoms with Crippen molar-refractivity contribution in [1.29, 1.82) is 5.26 Å². The Hall–Kier alpha value is -3.65. The number of rotatable bonds is 5. The average molecular weight is 526 g/mol. The number of pyridine rings is 1. The first-order chi connectivity index (χ1) is 16.6. The fraction of sp³-hybridized carbons (Fsp3) is 0.0345. The predicted octanol–water partition coefficient (Wildman–Crippen LogP) is 8.57. The van der Waals surface area contributed by atoms with E-state index in [1.165, 1.54) is 5.56 Å². The van der Waals surface area contributed by atoms with Crippen molar-refractivity contribution in [1.82, 2.24) is 4.98 Å². The maximum Gasteiger partial charge on any atom is 0.129 e. The number of hydrogen-bond acceptors (Lipinski definition) is 3. The summed E-state index contributed by atoms with van der Waals surface area (Å²) in [6.07, 6.45) is 2.66. The lowest BCUT2D eigenvalue weighted by Crippen LogP contribution is -1.97. The third-order valence-electron chi connectivity index (χ3n) is 5.52. The molecule has 1 aromatic heterocycles. The summed E-state index contributed by atoms with van der Waals surface area (Å²) in [7, 11) is 0. The van der Waals surface area contributed by atoms with Crippen molar-refractivity contribution in [3.63, 3.8) is 0 Å². The number of nitrogens with zero attached hydrogens (tertiary/aromatic N) is 2. The summed E-state index contributed by atoms with van der Waals surface area (Å²) in [6.45, 7) is 0. The molecule has 0 aliphatic rings. The molecule has 3 nitrogen and oxygen atoms in total. The maximum absolute atomic E-state index is 9.28. The number of hydrogen-bond donors (Lipinski definition) is 0. The van der Waals surface area contributed by atoms with E-state index in [9.17, 15) is 5.26 Å². The van der Waals surface area contributed by atoms with Crippen LogP contribution in [-0.4, -0.2) is 4.98 Å². The standard InChI is InChI=1S/C29H18BrClN2O/c30-23-13-20(17-32)14-25(16-23)34-24-9-4-8-21(15-24)28-22(12-19-6-2-1-3-7-19)18-33-29-26(28)10-5-11-27(29)31/h1-11,13-16,18H,12H2. The van der Waals surface area contributed by atoms with Gasteiger partial charge in [-0.25, -0.2) is 0 Å². The van der Waals surface area contributed by atoms with Gasteiger partial charge in [-0.15, -0.1) is 0 Å². The summed E-state index contributed by atoms with van der Waals surface area (Å²) in [5.41, 5.74) is 5.69. The van der Waals surface area contributed by atoms with Crippen molar-refractivity contribution in [3.05, 3.63) is 123 Å². The molecule has 0 unspecified atom stereocenters. The second-order valence-corrected chi connectivity index (χ2v) is 9.20. The lowest BCUT2D eigenvalue weighted by molar-refractivity contribution is 0.482. The Balaban J connectivity index is 1.62. The van der Waals surface area contributed by atoms with Gasteiger partial charge < -0.3 is 4.74 Å². The highest BCUT2D eigenvalue weighted by atomic mass is 79.9. The minimum absolute atomic E-state index is 0.528. The molecule has 0 saturated carbocycles. The van der Waals surface area contributed by atoms with E-state index < -0.39 is 0 Å². The van der Waals surface area contributed by atoms with E-state index in [1.807, 2.05) is 60.8 Å².